The molecule has 0 N–H and O–H groups in total. The monoisotopic (exact) mass is 201 g/mol. The number of aryl methyl sites for hydroxylation is 1. The maximum Gasteiger partial charge on any atom is 0.106 e. The number of hydrogen-bond acceptors (Lipinski definition) is 2. The summed E-state index contributed by atoms with van der Waals surface area (Å²) < 4.78 is 5.46. The molecule has 2 nitrogen and oxygen atoms in total. The van der Waals surface area contributed by atoms with Crippen LogP contribution in [0.5, 0.6) is 0 Å². The SMILES string of the molecule is Cc1ccccc1[C@]1(C#N)CCCOC1. The quantitative estimate of drug-likeness (QED) is 0.699. The third-order valence-electron chi connectivity index (χ3n) is 3.12. The first-order valence-corrected chi connectivity index (χ1v) is 5.34. The van der Waals surface area contributed by atoms with Gasteiger partial charge in [-0.3, -0.25) is 0 Å². The second kappa shape index (κ2) is 4.04. The molecule has 2 heteroatoms. The lowest BCUT2D eigenvalue weighted by Crippen LogP contribution is -2.35. The van der Waals surface area contributed by atoms with Crippen LogP contribution < -0.4 is 0 Å². The molecule has 0 bridgehead atoms. The van der Waals surface area contributed by atoms with Gasteiger partial charge in [-0.05, 0) is 30.9 Å². The van der Waals surface area contributed by atoms with Crippen LogP contribution in [0.4, 0.5) is 0 Å². The van der Waals surface area contributed by atoms with E-state index in [4.69, 9.17) is 4.74 Å². The van der Waals surface area contributed by atoms with E-state index in [1.54, 1.807) is 0 Å². The Hall–Kier alpha value is -1.33. The Morgan fingerprint density at radius 3 is 2.80 bits per heavy atom. The van der Waals surface area contributed by atoms with E-state index in [9.17, 15) is 5.26 Å². The summed E-state index contributed by atoms with van der Waals surface area (Å²) in [5.41, 5.74) is 1.90. The molecule has 1 saturated heterocycles. The van der Waals surface area contributed by atoms with Gasteiger partial charge in [-0.1, -0.05) is 24.3 Å². The van der Waals surface area contributed by atoms with Crippen LogP contribution in [-0.4, -0.2) is 13.2 Å². The fourth-order valence-electron chi connectivity index (χ4n) is 2.27. The Bertz CT molecular complexity index is 386. The average molecular weight is 201 g/mol. The predicted molar refractivity (Wildman–Crippen MR) is 58.5 cm³/mol. The standard InChI is InChI=1S/C13H15NO/c1-11-5-2-3-6-12(11)13(9-14)7-4-8-15-10-13/h2-3,5-6H,4,7-8,10H2,1H3/t13-/m0/s1. The molecule has 0 unspecified atom stereocenters. The van der Waals surface area contributed by atoms with Crippen LogP contribution in [0.15, 0.2) is 24.3 Å². The third-order valence-corrected chi connectivity index (χ3v) is 3.12. The van der Waals surface area contributed by atoms with E-state index in [1.165, 1.54) is 5.56 Å². The summed E-state index contributed by atoms with van der Waals surface area (Å²) in [6, 6.07) is 10.6. The molecule has 0 amide bonds. The highest BCUT2D eigenvalue weighted by Crippen LogP contribution is 2.34. The lowest BCUT2D eigenvalue weighted by molar-refractivity contribution is 0.0561. The minimum absolute atomic E-state index is 0.413. The molecule has 1 fully saturated rings. The van der Waals surface area contributed by atoms with Gasteiger partial charge in [0.1, 0.15) is 5.41 Å². The summed E-state index contributed by atoms with van der Waals surface area (Å²) >= 11 is 0. The molecule has 1 aromatic rings. The van der Waals surface area contributed by atoms with Crippen molar-refractivity contribution >= 4 is 0 Å². The van der Waals surface area contributed by atoms with Crippen LogP contribution in [0.3, 0.4) is 0 Å². The van der Waals surface area contributed by atoms with Gasteiger partial charge < -0.3 is 4.74 Å². The Balaban J connectivity index is 2.42. The second-order valence-electron chi connectivity index (χ2n) is 4.16. The normalized spacial score (nSPS) is 25.9. The predicted octanol–water partition coefficient (Wildman–Crippen LogP) is 2.57. The van der Waals surface area contributed by atoms with Crippen molar-refractivity contribution in [2.45, 2.75) is 25.2 Å². The van der Waals surface area contributed by atoms with Crippen molar-refractivity contribution in [3.63, 3.8) is 0 Å². The Labute approximate surface area is 90.5 Å². The largest absolute Gasteiger partial charge is 0.379 e. The van der Waals surface area contributed by atoms with Crippen LogP contribution in [0, 0.1) is 18.3 Å². The van der Waals surface area contributed by atoms with Crippen LogP contribution in [0.1, 0.15) is 24.0 Å². The van der Waals surface area contributed by atoms with E-state index in [2.05, 4.69) is 19.1 Å². The molecule has 0 aliphatic carbocycles. The van der Waals surface area contributed by atoms with E-state index in [0.29, 0.717) is 6.61 Å². The molecule has 0 aromatic heterocycles. The summed E-state index contributed by atoms with van der Waals surface area (Å²) in [6.07, 6.45) is 1.89. The van der Waals surface area contributed by atoms with Crippen molar-refractivity contribution in [3.8, 4) is 6.07 Å². The number of hydrogen-bond donors (Lipinski definition) is 0. The molecule has 0 radical (unpaired) electrons. The highest BCUT2D eigenvalue weighted by atomic mass is 16.5. The Morgan fingerprint density at radius 2 is 2.20 bits per heavy atom. The summed E-state index contributed by atoms with van der Waals surface area (Å²) in [5.74, 6) is 0. The Kier molecular flexibility index (Phi) is 2.75. The van der Waals surface area contributed by atoms with Gasteiger partial charge in [0.05, 0.1) is 12.7 Å². The van der Waals surface area contributed by atoms with Gasteiger partial charge >= 0.3 is 0 Å². The van der Waals surface area contributed by atoms with Crippen LogP contribution in [0.2, 0.25) is 0 Å². The molecule has 0 saturated carbocycles. The fourth-order valence-corrected chi connectivity index (χ4v) is 2.27. The molecule has 1 atom stereocenters. The van der Waals surface area contributed by atoms with Crippen molar-refractivity contribution in [1.29, 1.82) is 5.26 Å². The lowest BCUT2D eigenvalue weighted by Gasteiger charge is -2.32. The molecule has 1 aromatic carbocycles. The number of nitrogens with zero attached hydrogens (tertiary/aromatic N) is 1. The second-order valence-corrected chi connectivity index (χ2v) is 4.16. The molecular formula is C13H15NO. The molecule has 1 heterocycles. The third kappa shape index (κ3) is 1.75. The van der Waals surface area contributed by atoms with Gasteiger partial charge in [-0.2, -0.15) is 5.26 Å². The van der Waals surface area contributed by atoms with Gasteiger partial charge in [-0.15, -0.1) is 0 Å². The van der Waals surface area contributed by atoms with Crippen LogP contribution in [-0.2, 0) is 10.2 Å². The zero-order valence-electron chi connectivity index (χ0n) is 8.99. The molecule has 1 aliphatic heterocycles. The topological polar surface area (TPSA) is 33.0 Å². The summed E-state index contributed by atoms with van der Waals surface area (Å²) in [5, 5.41) is 9.39. The van der Waals surface area contributed by atoms with Crippen LogP contribution in [0.25, 0.3) is 0 Å². The van der Waals surface area contributed by atoms with Gasteiger partial charge in [-0.25, -0.2) is 0 Å². The first kappa shape index (κ1) is 10.2. The van der Waals surface area contributed by atoms with Gasteiger partial charge in [0.2, 0.25) is 0 Å². The number of benzene rings is 1. The van der Waals surface area contributed by atoms with Crippen LogP contribution >= 0.6 is 0 Å². The van der Waals surface area contributed by atoms with Crippen molar-refractivity contribution in [2.75, 3.05) is 13.2 Å². The molecule has 78 valence electrons. The minimum atomic E-state index is -0.413. The van der Waals surface area contributed by atoms with E-state index in [0.717, 1.165) is 25.0 Å². The zero-order valence-corrected chi connectivity index (χ0v) is 8.99. The van der Waals surface area contributed by atoms with E-state index < -0.39 is 5.41 Å². The van der Waals surface area contributed by atoms with E-state index in [-0.39, 0.29) is 0 Å². The van der Waals surface area contributed by atoms with Crippen molar-refractivity contribution in [2.24, 2.45) is 0 Å². The zero-order chi connectivity index (χ0) is 10.7. The molecule has 1 aliphatic rings. The minimum Gasteiger partial charge on any atom is -0.379 e. The van der Waals surface area contributed by atoms with E-state index in [1.807, 2.05) is 18.2 Å². The molecule has 15 heavy (non-hydrogen) atoms. The molecule has 0 spiro atoms. The number of rotatable bonds is 1. The maximum atomic E-state index is 9.39. The first-order chi connectivity index (χ1) is 7.28. The van der Waals surface area contributed by atoms with Crippen molar-refractivity contribution < 1.29 is 4.74 Å². The summed E-state index contributed by atoms with van der Waals surface area (Å²) in [6.45, 7) is 3.38. The van der Waals surface area contributed by atoms with E-state index >= 15 is 0 Å². The smallest absolute Gasteiger partial charge is 0.106 e. The first-order valence-electron chi connectivity index (χ1n) is 5.34. The summed E-state index contributed by atoms with van der Waals surface area (Å²) in [7, 11) is 0. The fraction of sp³-hybridized carbons (Fsp3) is 0.462. The Morgan fingerprint density at radius 1 is 1.40 bits per heavy atom. The van der Waals surface area contributed by atoms with Gasteiger partial charge in [0, 0.05) is 6.61 Å². The summed E-state index contributed by atoms with van der Waals surface area (Å²) in [4.78, 5) is 0. The van der Waals surface area contributed by atoms with Gasteiger partial charge in [0.25, 0.3) is 0 Å². The number of nitriles is 1. The van der Waals surface area contributed by atoms with Crippen molar-refractivity contribution in [1.82, 2.24) is 0 Å². The number of ether oxygens (including phenoxy) is 1. The van der Waals surface area contributed by atoms with Crippen molar-refractivity contribution in [3.05, 3.63) is 35.4 Å². The highest BCUT2D eigenvalue weighted by Gasteiger charge is 2.35. The maximum absolute atomic E-state index is 9.39. The highest BCUT2D eigenvalue weighted by molar-refractivity contribution is 5.39. The molecular weight excluding hydrogens is 186 g/mol. The molecule has 2 rings (SSSR count). The average Bonchev–Trinajstić information content (AvgIpc) is 2.30. The van der Waals surface area contributed by atoms with Gasteiger partial charge in [0.15, 0.2) is 0 Å². The lowest BCUT2D eigenvalue weighted by atomic mass is 9.76.